The third kappa shape index (κ3) is 2.54. The maximum absolute atomic E-state index is 10.7. The minimum Gasteiger partial charge on any atom is -0.481 e. The second kappa shape index (κ2) is 4.70. The van der Waals surface area contributed by atoms with Crippen molar-refractivity contribution < 1.29 is 19.8 Å². The lowest BCUT2D eigenvalue weighted by atomic mass is 10.1. The molecule has 0 saturated heterocycles. The van der Waals surface area contributed by atoms with Gasteiger partial charge in [-0.05, 0) is 17.7 Å². The second-order valence-corrected chi connectivity index (χ2v) is 3.74. The first kappa shape index (κ1) is 11.8. The van der Waals surface area contributed by atoms with Crippen molar-refractivity contribution in [3.63, 3.8) is 0 Å². The number of nitrogens with zero attached hydrogens (tertiary/aromatic N) is 1. The first-order chi connectivity index (χ1) is 8.56. The summed E-state index contributed by atoms with van der Waals surface area (Å²) in [6, 6.07) is 8.23. The molecule has 0 bridgehead atoms. The molecule has 0 aliphatic heterocycles. The first-order valence-corrected chi connectivity index (χ1v) is 5.16. The Morgan fingerprint density at radius 3 is 2.61 bits per heavy atom. The number of nitrogens with one attached hydrogen (secondary N) is 1. The van der Waals surface area contributed by atoms with Crippen LogP contribution in [0.5, 0.6) is 0 Å². The first-order valence-electron chi connectivity index (χ1n) is 5.16. The van der Waals surface area contributed by atoms with E-state index in [2.05, 4.69) is 10.2 Å². The zero-order valence-electron chi connectivity index (χ0n) is 9.25. The number of aromatic carboxylic acids is 1. The molecule has 3 N–H and O–H groups in total. The highest BCUT2D eigenvalue weighted by Crippen LogP contribution is 2.19. The molecule has 0 amide bonds. The number of benzene rings is 1. The van der Waals surface area contributed by atoms with Crippen LogP contribution in [0, 0.1) is 0 Å². The van der Waals surface area contributed by atoms with Gasteiger partial charge in [-0.2, -0.15) is 5.10 Å². The number of aromatic amines is 1. The number of hydrogen-bond acceptors (Lipinski definition) is 3. The summed E-state index contributed by atoms with van der Waals surface area (Å²) in [6.45, 7) is 0. The monoisotopic (exact) mass is 246 g/mol. The summed E-state index contributed by atoms with van der Waals surface area (Å²) >= 11 is 0. The Morgan fingerprint density at radius 1 is 1.22 bits per heavy atom. The van der Waals surface area contributed by atoms with Gasteiger partial charge < -0.3 is 10.2 Å². The fourth-order valence-electron chi connectivity index (χ4n) is 1.59. The normalized spacial score (nSPS) is 10.2. The molecule has 6 nitrogen and oxygen atoms in total. The lowest BCUT2D eigenvalue weighted by Crippen LogP contribution is -1.99. The Labute approximate surface area is 102 Å². The number of carboxylic acids is 2. The van der Waals surface area contributed by atoms with E-state index in [9.17, 15) is 9.59 Å². The van der Waals surface area contributed by atoms with Gasteiger partial charge in [0, 0.05) is 5.56 Å². The summed E-state index contributed by atoms with van der Waals surface area (Å²) < 4.78 is 0. The number of rotatable bonds is 4. The molecule has 2 aromatic rings. The molecule has 0 aliphatic carbocycles. The number of aliphatic carboxylic acids is 1. The van der Waals surface area contributed by atoms with Gasteiger partial charge in [-0.25, -0.2) is 4.79 Å². The molecule has 1 heterocycles. The van der Waals surface area contributed by atoms with Crippen molar-refractivity contribution in [2.24, 2.45) is 0 Å². The fraction of sp³-hybridized carbons (Fsp3) is 0.0833. The van der Waals surface area contributed by atoms with Gasteiger partial charge in [0.1, 0.15) is 5.69 Å². The number of H-pyrrole nitrogens is 1. The van der Waals surface area contributed by atoms with Gasteiger partial charge in [0.05, 0.1) is 12.1 Å². The molecule has 1 aromatic carbocycles. The van der Waals surface area contributed by atoms with Gasteiger partial charge in [0.15, 0.2) is 0 Å². The van der Waals surface area contributed by atoms with Crippen molar-refractivity contribution in [1.82, 2.24) is 10.2 Å². The third-order valence-electron chi connectivity index (χ3n) is 2.39. The predicted molar refractivity (Wildman–Crippen MR) is 62.3 cm³/mol. The third-order valence-corrected chi connectivity index (χ3v) is 2.39. The van der Waals surface area contributed by atoms with Gasteiger partial charge in [0.25, 0.3) is 0 Å². The molecule has 18 heavy (non-hydrogen) atoms. The van der Waals surface area contributed by atoms with Gasteiger partial charge >= 0.3 is 11.9 Å². The summed E-state index contributed by atoms with van der Waals surface area (Å²) in [7, 11) is 0. The summed E-state index contributed by atoms with van der Waals surface area (Å²) in [5.74, 6) is -2.00. The molecule has 0 saturated carbocycles. The van der Waals surface area contributed by atoms with E-state index in [4.69, 9.17) is 10.2 Å². The molecule has 0 fully saturated rings. The Balaban J connectivity index is 2.32. The van der Waals surface area contributed by atoms with Crippen molar-refractivity contribution in [2.45, 2.75) is 6.42 Å². The average Bonchev–Trinajstić information content (AvgIpc) is 2.77. The zero-order valence-corrected chi connectivity index (χ0v) is 9.25. The van der Waals surface area contributed by atoms with Crippen molar-refractivity contribution in [3.8, 4) is 11.3 Å². The molecule has 2 rings (SSSR count). The van der Waals surface area contributed by atoms with Gasteiger partial charge in [-0.3, -0.25) is 9.89 Å². The van der Waals surface area contributed by atoms with Crippen LogP contribution in [0.1, 0.15) is 16.1 Å². The standard InChI is InChI=1S/C12H10N2O4/c15-11(16)5-7-2-1-3-8(4-7)9-6-10(12(17)18)14-13-9/h1-4,6H,5H2,(H,13,14)(H,15,16)(H,17,18). The topological polar surface area (TPSA) is 103 Å². The smallest absolute Gasteiger partial charge is 0.353 e. The molecular weight excluding hydrogens is 236 g/mol. The van der Waals surface area contributed by atoms with E-state index in [-0.39, 0.29) is 12.1 Å². The molecule has 0 radical (unpaired) electrons. The minimum atomic E-state index is -1.09. The zero-order chi connectivity index (χ0) is 13.1. The van der Waals surface area contributed by atoms with Crippen LogP contribution in [0.25, 0.3) is 11.3 Å². The molecule has 0 spiro atoms. The lowest BCUT2D eigenvalue weighted by Gasteiger charge is -2.00. The van der Waals surface area contributed by atoms with Gasteiger partial charge in [-0.1, -0.05) is 18.2 Å². The summed E-state index contributed by atoms with van der Waals surface area (Å²) in [5.41, 5.74) is 1.78. The highest BCUT2D eigenvalue weighted by Gasteiger charge is 2.10. The molecule has 92 valence electrons. The fourth-order valence-corrected chi connectivity index (χ4v) is 1.59. The van der Waals surface area contributed by atoms with E-state index < -0.39 is 11.9 Å². The largest absolute Gasteiger partial charge is 0.481 e. The number of hydrogen-bond donors (Lipinski definition) is 3. The lowest BCUT2D eigenvalue weighted by molar-refractivity contribution is -0.136. The molecule has 0 unspecified atom stereocenters. The SMILES string of the molecule is O=C(O)Cc1cccc(-c2cc(C(=O)O)[nH]n2)c1. The maximum Gasteiger partial charge on any atom is 0.353 e. The van der Waals surface area contributed by atoms with E-state index in [1.807, 2.05) is 0 Å². The van der Waals surface area contributed by atoms with Crippen LogP contribution >= 0.6 is 0 Å². The Bertz CT molecular complexity index is 604. The van der Waals surface area contributed by atoms with Crippen LogP contribution in [0.3, 0.4) is 0 Å². The van der Waals surface area contributed by atoms with Crippen LogP contribution in [0.4, 0.5) is 0 Å². The van der Waals surface area contributed by atoms with Crippen LogP contribution < -0.4 is 0 Å². The maximum atomic E-state index is 10.7. The van der Waals surface area contributed by atoms with Crippen molar-refractivity contribution >= 4 is 11.9 Å². The predicted octanol–water partition coefficient (Wildman–Crippen LogP) is 1.40. The quantitative estimate of drug-likeness (QED) is 0.756. The number of carboxylic acid groups (broad SMARTS) is 2. The van der Waals surface area contributed by atoms with E-state index in [0.717, 1.165) is 0 Å². The van der Waals surface area contributed by atoms with E-state index in [0.29, 0.717) is 16.8 Å². The summed E-state index contributed by atoms with van der Waals surface area (Å²) in [5, 5.41) is 23.7. The van der Waals surface area contributed by atoms with Gasteiger partial charge in [0.2, 0.25) is 0 Å². The Kier molecular flexibility index (Phi) is 3.09. The van der Waals surface area contributed by atoms with Crippen LogP contribution in [-0.4, -0.2) is 32.3 Å². The average molecular weight is 246 g/mol. The number of aromatic nitrogens is 2. The van der Waals surface area contributed by atoms with Crippen molar-refractivity contribution in [2.75, 3.05) is 0 Å². The molecule has 6 heteroatoms. The second-order valence-electron chi connectivity index (χ2n) is 3.74. The number of carbonyl (C=O) groups is 2. The van der Waals surface area contributed by atoms with Crippen LogP contribution in [0.2, 0.25) is 0 Å². The molecule has 0 atom stereocenters. The minimum absolute atomic E-state index is 0.00589. The van der Waals surface area contributed by atoms with Gasteiger partial charge in [-0.15, -0.1) is 0 Å². The van der Waals surface area contributed by atoms with E-state index in [1.165, 1.54) is 6.07 Å². The summed E-state index contributed by atoms with van der Waals surface area (Å²) in [6.07, 6.45) is -0.0793. The Hall–Kier alpha value is -2.63. The van der Waals surface area contributed by atoms with E-state index in [1.54, 1.807) is 24.3 Å². The highest BCUT2D eigenvalue weighted by molar-refractivity contribution is 5.86. The van der Waals surface area contributed by atoms with E-state index >= 15 is 0 Å². The van der Waals surface area contributed by atoms with Crippen LogP contribution in [0.15, 0.2) is 30.3 Å². The van der Waals surface area contributed by atoms with Crippen molar-refractivity contribution in [1.29, 1.82) is 0 Å². The molecular formula is C12H10N2O4. The molecule has 0 aliphatic rings. The summed E-state index contributed by atoms with van der Waals surface area (Å²) in [4.78, 5) is 21.3. The van der Waals surface area contributed by atoms with Crippen molar-refractivity contribution in [3.05, 3.63) is 41.6 Å². The Morgan fingerprint density at radius 2 is 2.00 bits per heavy atom. The highest BCUT2D eigenvalue weighted by atomic mass is 16.4. The van der Waals surface area contributed by atoms with Crippen LogP contribution in [-0.2, 0) is 11.2 Å². The molecule has 1 aromatic heterocycles.